The third kappa shape index (κ3) is 3.31. The predicted octanol–water partition coefficient (Wildman–Crippen LogP) is 11.5. The SMILES string of the molecule is c1ccc2c(-c3cc4oc5ccccc5c4c4ccccc34)nc(-c3cc4c5ccccc5sc4c4ccccc34)nc2c1. The zero-order valence-corrected chi connectivity index (χ0v) is 24.2. The maximum absolute atomic E-state index is 6.45. The molecule has 0 bridgehead atoms. The van der Waals surface area contributed by atoms with Gasteiger partial charge in [0.25, 0.3) is 0 Å². The quantitative estimate of drug-likeness (QED) is 0.205. The fourth-order valence-electron chi connectivity index (χ4n) is 6.92. The lowest BCUT2D eigenvalue weighted by molar-refractivity contribution is 0.669. The Balaban J connectivity index is 1.33. The number of rotatable bonds is 2. The molecule has 4 heteroatoms. The lowest BCUT2D eigenvalue weighted by atomic mass is 9.95. The number of hydrogen-bond donors (Lipinski definition) is 0. The normalized spacial score (nSPS) is 12.1. The first-order chi connectivity index (χ1) is 21.8. The number of para-hydroxylation sites is 2. The summed E-state index contributed by atoms with van der Waals surface area (Å²) in [6.07, 6.45) is 0. The van der Waals surface area contributed by atoms with Gasteiger partial charge in [-0.3, -0.25) is 0 Å². The van der Waals surface area contributed by atoms with Gasteiger partial charge in [-0.05, 0) is 46.5 Å². The first-order valence-electron chi connectivity index (χ1n) is 14.8. The molecule has 0 aliphatic heterocycles. The van der Waals surface area contributed by atoms with Gasteiger partial charge in [0.15, 0.2) is 5.82 Å². The Labute approximate surface area is 255 Å². The first kappa shape index (κ1) is 23.9. The van der Waals surface area contributed by atoms with Gasteiger partial charge in [0.2, 0.25) is 0 Å². The summed E-state index contributed by atoms with van der Waals surface area (Å²) in [5, 5.41) is 10.5. The number of aromatic nitrogens is 2. The van der Waals surface area contributed by atoms with E-state index in [2.05, 4.69) is 121 Å². The summed E-state index contributed by atoms with van der Waals surface area (Å²) in [5.41, 5.74) is 5.65. The van der Waals surface area contributed by atoms with Crippen molar-refractivity contribution in [1.29, 1.82) is 0 Å². The highest BCUT2D eigenvalue weighted by molar-refractivity contribution is 7.26. The van der Waals surface area contributed by atoms with Crippen molar-refractivity contribution >= 4 is 85.9 Å². The second-order valence-corrected chi connectivity index (χ2v) is 12.4. The lowest BCUT2D eigenvalue weighted by Gasteiger charge is -2.14. The molecule has 0 aliphatic rings. The maximum Gasteiger partial charge on any atom is 0.161 e. The van der Waals surface area contributed by atoms with Crippen LogP contribution in [0.1, 0.15) is 0 Å². The van der Waals surface area contributed by atoms with Crippen molar-refractivity contribution in [2.45, 2.75) is 0 Å². The molecule has 204 valence electrons. The van der Waals surface area contributed by atoms with Crippen LogP contribution < -0.4 is 0 Å². The third-order valence-corrected chi connectivity index (χ3v) is 10.1. The van der Waals surface area contributed by atoms with Gasteiger partial charge in [-0.15, -0.1) is 11.3 Å². The zero-order chi connectivity index (χ0) is 28.8. The van der Waals surface area contributed by atoms with Crippen molar-refractivity contribution in [2.75, 3.05) is 0 Å². The van der Waals surface area contributed by atoms with E-state index in [1.807, 2.05) is 23.5 Å². The molecule has 10 rings (SSSR count). The van der Waals surface area contributed by atoms with E-state index in [0.717, 1.165) is 71.6 Å². The van der Waals surface area contributed by atoms with Crippen molar-refractivity contribution in [2.24, 2.45) is 0 Å². The third-order valence-electron chi connectivity index (χ3n) is 8.87. The first-order valence-corrected chi connectivity index (χ1v) is 15.6. The van der Waals surface area contributed by atoms with E-state index < -0.39 is 0 Å². The Bertz CT molecular complexity index is 2790. The van der Waals surface area contributed by atoms with E-state index in [4.69, 9.17) is 14.4 Å². The molecule has 0 saturated carbocycles. The molecule has 0 atom stereocenters. The highest BCUT2D eigenvalue weighted by Crippen LogP contribution is 2.44. The molecule has 0 unspecified atom stereocenters. The molecule has 3 aromatic heterocycles. The number of benzene rings is 7. The van der Waals surface area contributed by atoms with Crippen LogP contribution >= 0.6 is 11.3 Å². The summed E-state index contributed by atoms with van der Waals surface area (Å²) in [4.78, 5) is 10.6. The lowest BCUT2D eigenvalue weighted by Crippen LogP contribution is -1.96. The molecule has 0 radical (unpaired) electrons. The van der Waals surface area contributed by atoms with Crippen LogP contribution in [0.5, 0.6) is 0 Å². The Morgan fingerprint density at radius 1 is 0.455 bits per heavy atom. The van der Waals surface area contributed by atoms with Gasteiger partial charge < -0.3 is 4.42 Å². The van der Waals surface area contributed by atoms with Crippen molar-refractivity contribution in [3.63, 3.8) is 0 Å². The van der Waals surface area contributed by atoms with Gasteiger partial charge >= 0.3 is 0 Å². The summed E-state index contributed by atoms with van der Waals surface area (Å²) in [7, 11) is 0. The Morgan fingerprint density at radius 2 is 1.09 bits per heavy atom. The number of thiophene rings is 1. The van der Waals surface area contributed by atoms with Crippen LogP contribution in [-0.4, -0.2) is 9.97 Å². The smallest absolute Gasteiger partial charge is 0.161 e. The highest BCUT2D eigenvalue weighted by atomic mass is 32.1. The molecule has 0 aliphatic carbocycles. The molecular formula is C40H22N2OS. The molecule has 0 saturated heterocycles. The van der Waals surface area contributed by atoms with E-state index in [1.54, 1.807) is 0 Å². The average Bonchev–Trinajstić information content (AvgIpc) is 3.66. The standard InChI is InChI=1S/C40H22N2OS/c1-3-14-26-23(11-1)30(22-35-37(26)29-17-6-9-19-34(29)43-35)38-28-16-5-8-18-33(28)41-40(42-38)32-21-31-25-13-7-10-20-36(25)44-39(31)27-15-4-2-12-24(27)32/h1-22H. The fraction of sp³-hybridized carbons (Fsp3) is 0. The van der Waals surface area contributed by atoms with Gasteiger partial charge in [-0.2, -0.15) is 0 Å². The predicted molar refractivity (Wildman–Crippen MR) is 186 cm³/mol. The van der Waals surface area contributed by atoms with Crippen molar-refractivity contribution in [1.82, 2.24) is 9.97 Å². The maximum atomic E-state index is 6.45. The van der Waals surface area contributed by atoms with Crippen LogP contribution in [0.4, 0.5) is 0 Å². The summed E-state index contributed by atoms with van der Waals surface area (Å²) < 4.78 is 9.03. The van der Waals surface area contributed by atoms with Gasteiger partial charge in [-0.25, -0.2) is 9.97 Å². The van der Waals surface area contributed by atoms with Gasteiger partial charge in [0.05, 0.1) is 11.2 Å². The second kappa shape index (κ2) is 8.96. The molecule has 3 heterocycles. The Morgan fingerprint density at radius 3 is 1.93 bits per heavy atom. The van der Waals surface area contributed by atoms with Gasteiger partial charge in [-0.1, -0.05) is 103 Å². The van der Waals surface area contributed by atoms with Gasteiger partial charge in [0.1, 0.15) is 11.2 Å². The molecule has 0 spiro atoms. The van der Waals surface area contributed by atoms with Crippen LogP contribution in [0.2, 0.25) is 0 Å². The van der Waals surface area contributed by atoms with E-state index in [0.29, 0.717) is 0 Å². The topological polar surface area (TPSA) is 38.9 Å². The monoisotopic (exact) mass is 578 g/mol. The average molecular weight is 579 g/mol. The molecule has 3 nitrogen and oxygen atoms in total. The molecule has 0 amide bonds. The van der Waals surface area contributed by atoms with Crippen molar-refractivity contribution in [3.05, 3.63) is 133 Å². The largest absolute Gasteiger partial charge is 0.456 e. The fourth-order valence-corrected chi connectivity index (χ4v) is 8.14. The molecular weight excluding hydrogens is 557 g/mol. The van der Waals surface area contributed by atoms with Crippen LogP contribution in [0, 0.1) is 0 Å². The van der Waals surface area contributed by atoms with E-state index in [9.17, 15) is 0 Å². The van der Waals surface area contributed by atoms with Crippen molar-refractivity contribution in [3.8, 4) is 22.6 Å². The Hall–Kier alpha value is -5.58. The number of fused-ring (bicyclic) bond motifs is 11. The summed E-state index contributed by atoms with van der Waals surface area (Å²) in [6, 6.07) is 47.0. The minimum absolute atomic E-state index is 0.723. The van der Waals surface area contributed by atoms with Crippen molar-refractivity contribution < 1.29 is 4.42 Å². The second-order valence-electron chi connectivity index (χ2n) is 11.3. The number of nitrogens with zero attached hydrogens (tertiary/aromatic N) is 2. The molecule has 0 fully saturated rings. The number of furan rings is 1. The molecule has 44 heavy (non-hydrogen) atoms. The summed E-state index contributed by atoms with van der Waals surface area (Å²) in [6.45, 7) is 0. The molecule has 0 N–H and O–H groups in total. The minimum atomic E-state index is 0.723. The highest BCUT2D eigenvalue weighted by Gasteiger charge is 2.20. The molecule has 10 aromatic rings. The van der Waals surface area contributed by atoms with Crippen LogP contribution in [-0.2, 0) is 0 Å². The van der Waals surface area contributed by atoms with Crippen LogP contribution in [0.25, 0.3) is 97.2 Å². The van der Waals surface area contributed by atoms with E-state index >= 15 is 0 Å². The van der Waals surface area contributed by atoms with Crippen LogP contribution in [0.3, 0.4) is 0 Å². The zero-order valence-electron chi connectivity index (χ0n) is 23.4. The Kier molecular flexibility index (Phi) is 4.87. The number of hydrogen-bond acceptors (Lipinski definition) is 4. The van der Waals surface area contributed by atoms with Crippen LogP contribution in [0.15, 0.2) is 138 Å². The van der Waals surface area contributed by atoms with E-state index in [1.165, 1.54) is 25.6 Å². The minimum Gasteiger partial charge on any atom is -0.456 e. The van der Waals surface area contributed by atoms with Gasteiger partial charge in [0, 0.05) is 52.8 Å². The summed E-state index contributed by atoms with van der Waals surface area (Å²) >= 11 is 1.85. The van der Waals surface area contributed by atoms with E-state index in [-0.39, 0.29) is 0 Å². The summed E-state index contributed by atoms with van der Waals surface area (Å²) in [5.74, 6) is 0.723. The molecule has 7 aromatic carbocycles.